The topological polar surface area (TPSA) is 61.9 Å². The Bertz CT molecular complexity index is 332. The van der Waals surface area contributed by atoms with Gasteiger partial charge in [0.15, 0.2) is 0 Å². The van der Waals surface area contributed by atoms with Crippen molar-refractivity contribution >= 4 is 0 Å². The average molecular weight is 463 g/mol. The molecule has 0 radical (unpaired) electrons. The van der Waals surface area contributed by atoms with Crippen LogP contribution in [0.15, 0.2) is 0 Å². The van der Waals surface area contributed by atoms with Crippen LogP contribution in [0, 0.1) is 0 Å². The first kappa shape index (κ1) is 29.7. The van der Waals surface area contributed by atoms with Crippen LogP contribution < -0.4 is 0 Å². The normalized spacial score (nSPS) is 17.8. The van der Waals surface area contributed by atoms with Gasteiger partial charge in [-0.05, 0) is 12.8 Å². The SMILES string of the molecule is CCCCOCCOCCN1CCOCCN(CCOCCOCCCC)CCOCC1. The molecule has 192 valence electrons. The molecule has 0 N–H and O–H groups in total. The molecular weight excluding hydrogens is 412 g/mol. The predicted octanol–water partition coefficient (Wildman–Crippen LogP) is 2.30. The molecular formula is C24H50N2O6. The van der Waals surface area contributed by atoms with Crippen molar-refractivity contribution < 1.29 is 28.4 Å². The van der Waals surface area contributed by atoms with E-state index >= 15 is 0 Å². The van der Waals surface area contributed by atoms with Gasteiger partial charge in [0.2, 0.25) is 0 Å². The van der Waals surface area contributed by atoms with E-state index in [2.05, 4.69) is 23.6 Å². The molecule has 1 fully saturated rings. The molecule has 8 heteroatoms. The predicted molar refractivity (Wildman–Crippen MR) is 128 cm³/mol. The largest absolute Gasteiger partial charge is 0.379 e. The van der Waals surface area contributed by atoms with Crippen LogP contribution in [0.1, 0.15) is 39.5 Å². The van der Waals surface area contributed by atoms with Gasteiger partial charge in [0.05, 0.1) is 66.1 Å². The number of unbranched alkanes of at least 4 members (excludes halogenated alkanes) is 2. The number of hydrogen-bond acceptors (Lipinski definition) is 8. The van der Waals surface area contributed by atoms with Crippen molar-refractivity contribution in [2.75, 3.05) is 119 Å². The molecule has 0 aliphatic carbocycles. The van der Waals surface area contributed by atoms with Gasteiger partial charge in [-0.3, -0.25) is 9.80 Å². The molecule has 1 saturated heterocycles. The summed E-state index contributed by atoms with van der Waals surface area (Å²) in [6.45, 7) is 18.5. The second-order valence-corrected chi connectivity index (χ2v) is 8.06. The lowest BCUT2D eigenvalue weighted by molar-refractivity contribution is 0.00780. The Morgan fingerprint density at radius 3 is 1.19 bits per heavy atom. The summed E-state index contributed by atoms with van der Waals surface area (Å²) in [4.78, 5) is 4.71. The highest BCUT2D eigenvalue weighted by Crippen LogP contribution is 1.97. The van der Waals surface area contributed by atoms with Gasteiger partial charge in [-0.1, -0.05) is 26.7 Å². The molecule has 0 atom stereocenters. The fourth-order valence-electron chi connectivity index (χ4n) is 3.17. The third kappa shape index (κ3) is 19.2. The van der Waals surface area contributed by atoms with Crippen molar-refractivity contribution in [2.24, 2.45) is 0 Å². The molecule has 0 amide bonds. The highest BCUT2D eigenvalue weighted by Gasteiger charge is 2.09. The fourth-order valence-corrected chi connectivity index (χ4v) is 3.17. The van der Waals surface area contributed by atoms with Crippen LogP contribution in [0.25, 0.3) is 0 Å². The number of rotatable bonds is 18. The third-order valence-corrected chi connectivity index (χ3v) is 5.34. The Morgan fingerprint density at radius 1 is 0.500 bits per heavy atom. The Morgan fingerprint density at radius 2 is 0.844 bits per heavy atom. The summed E-state index contributed by atoms with van der Waals surface area (Å²) in [5.74, 6) is 0. The lowest BCUT2D eigenvalue weighted by Crippen LogP contribution is -2.38. The van der Waals surface area contributed by atoms with E-state index in [9.17, 15) is 0 Å². The van der Waals surface area contributed by atoms with E-state index in [-0.39, 0.29) is 0 Å². The molecule has 1 heterocycles. The molecule has 1 aliphatic heterocycles. The van der Waals surface area contributed by atoms with E-state index in [1.165, 1.54) is 12.8 Å². The molecule has 0 spiro atoms. The van der Waals surface area contributed by atoms with Crippen molar-refractivity contribution in [3.05, 3.63) is 0 Å². The van der Waals surface area contributed by atoms with E-state index < -0.39 is 0 Å². The smallest absolute Gasteiger partial charge is 0.0701 e. The van der Waals surface area contributed by atoms with Gasteiger partial charge in [-0.2, -0.15) is 0 Å². The van der Waals surface area contributed by atoms with Gasteiger partial charge in [0.1, 0.15) is 0 Å². The maximum Gasteiger partial charge on any atom is 0.0701 e. The monoisotopic (exact) mass is 462 g/mol. The zero-order valence-electron chi connectivity index (χ0n) is 20.9. The number of nitrogens with zero attached hydrogens (tertiary/aromatic N) is 2. The van der Waals surface area contributed by atoms with Crippen LogP contribution in [0.3, 0.4) is 0 Å². The van der Waals surface area contributed by atoms with E-state index in [0.717, 1.165) is 91.8 Å². The highest BCUT2D eigenvalue weighted by molar-refractivity contribution is 4.61. The van der Waals surface area contributed by atoms with Crippen LogP contribution in [-0.2, 0) is 28.4 Å². The lowest BCUT2D eigenvalue weighted by Gasteiger charge is -2.26. The molecule has 1 aliphatic rings. The molecule has 0 aromatic carbocycles. The maximum atomic E-state index is 5.89. The summed E-state index contributed by atoms with van der Waals surface area (Å²) in [5.41, 5.74) is 0. The summed E-state index contributed by atoms with van der Waals surface area (Å²) < 4.78 is 34.2. The van der Waals surface area contributed by atoms with Gasteiger partial charge >= 0.3 is 0 Å². The summed E-state index contributed by atoms with van der Waals surface area (Å²) in [5, 5.41) is 0. The molecule has 8 nitrogen and oxygen atoms in total. The molecule has 0 bridgehead atoms. The van der Waals surface area contributed by atoms with Crippen molar-refractivity contribution in [3.8, 4) is 0 Å². The van der Waals surface area contributed by atoms with Gasteiger partial charge in [-0.25, -0.2) is 0 Å². The quantitative estimate of drug-likeness (QED) is 0.288. The first-order valence-electron chi connectivity index (χ1n) is 12.8. The Hall–Kier alpha value is -0.320. The van der Waals surface area contributed by atoms with Crippen LogP contribution in [0.2, 0.25) is 0 Å². The summed E-state index contributed by atoms with van der Waals surface area (Å²) >= 11 is 0. The lowest BCUT2D eigenvalue weighted by atomic mass is 10.4. The van der Waals surface area contributed by atoms with Gasteiger partial charge in [0.25, 0.3) is 0 Å². The summed E-state index contributed by atoms with van der Waals surface area (Å²) in [6.07, 6.45) is 4.57. The van der Waals surface area contributed by atoms with Crippen molar-refractivity contribution in [3.63, 3.8) is 0 Å². The average Bonchev–Trinajstić information content (AvgIpc) is 2.79. The zero-order chi connectivity index (χ0) is 23.0. The molecule has 1 rings (SSSR count). The van der Waals surface area contributed by atoms with E-state index in [4.69, 9.17) is 28.4 Å². The van der Waals surface area contributed by atoms with Gasteiger partial charge in [-0.15, -0.1) is 0 Å². The van der Waals surface area contributed by atoms with Gasteiger partial charge < -0.3 is 28.4 Å². The second-order valence-electron chi connectivity index (χ2n) is 8.06. The minimum absolute atomic E-state index is 0.663. The molecule has 0 saturated carbocycles. The van der Waals surface area contributed by atoms with E-state index in [1.807, 2.05) is 0 Å². The van der Waals surface area contributed by atoms with E-state index in [0.29, 0.717) is 39.6 Å². The van der Waals surface area contributed by atoms with Crippen LogP contribution >= 0.6 is 0 Å². The van der Waals surface area contributed by atoms with Crippen LogP contribution in [0.5, 0.6) is 0 Å². The minimum Gasteiger partial charge on any atom is -0.379 e. The summed E-state index contributed by atoms with van der Waals surface area (Å²) in [7, 11) is 0. The third-order valence-electron chi connectivity index (χ3n) is 5.34. The van der Waals surface area contributed by atoms with Crippen molar-refractivity contribution in [1.29, 1.82) is 0 Å². The number of ether oxygens (including phenoxy) is 6. The van der Waals surface area contributed by atoms with E-state index in [1.54, 1.807) is 0 Å². The standard InChI is InChI=1S/C24H50N2O6/c1-3-5-13-27-21-23-31-19-11-25-7-15-29-17-9-26(10-18-30-16-8-25)12-20-32-24-22-28-14-6-4-2/h3-24H2,1-2H3. The molecule has 0 unspecified atom stereocenters. The van der Waals surface area contributed by atoms with Gasteiger partial charge in [0, 0.05) is 52.5 Å². The summed E-state index contributed by atoms with van der Waals surface area (Å²) in [6, 6.07) is 0. The molecule has 0 aromatic heterocycles. The van der Waals surface area contributed by atoms with Crippen LogP contribution in [0.4, 0.5) is 0 Å². The van der Waals surface area contributed by atoms with Crippen molar-refractivity contribution in [1.82, 2.24) is 9.80 Å². The Kier molecular flexibility index (Phi) is 22.1. The van der Waals surface area contributed by atoms with Crippen molar-refractivity contribution in [2.45, 2.75) is 39.5 Å². The molecule has 32 heavy (non-hydrogen) atoms. The minimum atomic E-state index is 0.663. The first-order valence-corrected chi connectivity index (χ1v) is 12.8. The first-order chi connectivity index (χ1) is 15.9. The Labute approximate surface area is 196 Å². The van der Waals surface area contributed by atoms with Crippen LogP contribution in [-0.4, -0.2) is 128 Å². The molecule has 0 aromatic rings. The number of hydrogen-bond donors (Lipinski definition) is 0. The second kappa shape index (κ2) is 23.8. The highest BCUT2D eigenvalue weighted by atomic mass is 16.5. The Balaban J connectivity index is 2.07. The zero-order valence-corrected chi connectivity index (χ0v) is 20.9. The maximum absolute atomic E-state index is 5.89. The fraction of sp³-hybridized carbons (Fsp3) is 1.00.